The molecule has 0 heterocycles. The average Bonchev–Trinajstić information content (AvgIpc) is 2.32. The van der Waals surface area contributed by atoms with E-state index in [9.17, 15) is 19.4 Å². The summed E-state index contributed by atoms with van der Waals surface area (Å²) in [6, 6.07) is -0.877. The molecule has 0 fully saturated rings. The van der Waals surface area contributed by atoms with E-state index in [4.69, 9.17) is 9.05 Å². The minimum absolute atomic E-state index is 0.00744. The summed E-state index contributed by atoms with van der Waals surface area (Å²) in [5.41, 5.74) is 0. The van der Waals surface area contributed by atoms with Crippen molar-refractivity contribution in [1.82, 2.24) is 5.32 Å². The third kappa shape index (κ3) is 10.9. The number of carbonyl (C=O) groups excluding carboxylic acids is 1. The van der Waals surface area contributed by atoms with Gasteiger partial charge in [-0.2, -0.15) is 0 Å². The highest BCUT2D eigenvalue weighted by molar-refractivity contribution is 7.45. The highest BCUT2D eigenvalue weighted by Gasteiger charge is 2.21. The van der Waals surface area contributed by atoms with Crippen LogP contribution in [-0.4, -0.2) is 68.5 Å². The van der Waals surface area contributed by atoms with Crippen molar-refractivity contribution >= 4 is 13.7 Å². The zero-order chi connectivity index (χ0) is 17.4. The number of likely N-dealkylation sites (N-methyl/N-ethyl adjacent to an activating group) is 1. The maximum atomic E-state index is 11.7. The van der Waals surface area contributed by atoms with Crippen molar-refractivity contribution in [3.8, 4) is 0 Å². The second kappa shape index (κ2) is 9.39. The Balaban J connectivity index is 4.48. The second-order valence-corrected chi connectivity index (χ2v) is 7.32. The SMILES string of the molecule is C/C=C/[C@H](O)[C@H](COP(=O)([O-])OCC[N+](C)(C)C)NC(C)=O. The summed E-state index contributed by atoms with van der Waals surface area (Å²) in [5, 5.41) is 12.3. The van der Waals surface area contributed by atoms with Gasteiger partial charge in [-0.25, -0.2) is 0 Å². The first kappa shape index (κ1) is 21.2. The van der Waals surface area contributed by atoms with Crippen LogP contribution in [0.25, 0.3) is 0 Å². The summed E-state index contributed by atoms with van der Waals surface area (Å²) < 4.78 is 21.7. The van der Waals surface area contributed by atoms with Crippen LogP contribution in [0.4, 0.5) is 0 Å². The molecule has 0 aromatic heterocycles. The van der Waals surface area contributed by atoms with Crippen LogP contribution in [0.2, 0.25) is 0 Å². The monoisotopic (exact) mass is 338 g/mol. The van der Waals surface area contributed by atoms with Crippen LogP contribution < -0.4 is 10.2 Å². The first-order valence-electron chi connectivity index (χ1n) is 6.95. The van der Waals surface area contributed by atoms with Gasteiger partial charge in [0.05, 0.1) is 39.9 Å². The molecule has 1 unspecified atom stereocenters. The number of phosphoric acid groups is 1. The molecule has 0 saturated heterocycles. The lowest BCUT2D eigenvalue weighted by molar-refractivity contribution is -0.870. The standard InChI is InChI=1S/C13H27N2O6P/c1-6-7-13(17)12(14-11(2)16)10-21-22(18,19)20-9-8-15(3,4)5/h6-7,12-13,17H,8-10H2,1-5H3,(H-,14,16,18,19)/b7-6+/t12-,13-/m0/s1. The van der Waals surface area contributed by atoms with Crippen LogP contribution in [0, 0.1) is 0 Å². The highest BCUT2D eigenvalue weighted by Crippen LogP contribution is 2.38. The van der Waals surface area contributed by atoms with Gasteiger partial charge in [0.15, 0.2) is 0 Å². The first-order valence-corrected chi connectivity index (χ1v) is 8.41. The van der Waals surface area contributed by atoms with E-state index < -0.39 is 32.5 Å². The maximum Gasteiger partial charge on any atom is 0.268 e. The zero-order valence-corrected chi connectivity index (χ0v) is 14.7. The van der Waals surface area contributed by atoms with Crippen molar-refractivity contribution in [2.24, 2.45) is 0 Å². The fraction of sp³-hybridized carbons (Fsp3) is 0.769. The molecule has 22 heavy (non-hydrogen) atoms. The molecule has 0 saturated carbocycles. The number of carbonyl (C=O) groups is 1. The third-order valence-electron chi connectivity index (χ3n) is 2.61. The van der Waals surface area contributed by atoms with Gasteiger partial charge in [0.25, 0.3) is 7.82 Å². The van der Waals surface area contributed by atoms with Crippen molar-refractivity contribution < 1.29 is 32.9 Å². The fourth-order valence-electron chi connectivity index (χ4n) is 1.45. The van der Waals surface area contributed by atoms with Gasteiger partial charge < -0.3 is 28.8 Å². The summed E-state index contributed by atoms with van der Waals surface area (Å²) >= 11 is 0. The zero-order valence-electron chi connectivity index (χ0n) is 13.8. The number of aliphatic hydroxyl groups is 1. The number of nitrogens with zero attached hydrogens (tertiary/aromatic N) is 1. The Morgan fingerprint density at radius 1 is 1.41 bits per heavy atom. The number of phosphoric ester groups is 1. The predicted molar refractivity (Wildman–Crippen MR) is 80.8 cm³/mol. The molecule has 9 heteroatoms. The molecule has 0 aromatic rings. The highest BCUT2D eigenvalue weighted by atomic mass is 31.2. The van der Waals surface area contributed by atoms with Gasteiger partial charge in [-0.3, -0.25) is 9.36 Å². The minimum atomic E-state index is -4.48. The van der Waals surface area contributed by atoms with E-state index >= 15 is 0 Å². The molecule has 1 amide bonds. The van der Waals surface area contributed by atoms with Crippen molar-refractivity contribution in [1.29, 1.82) is 0 Å². The number of aliphatic hydroxyl groups excluding tert-OH is 1. The van der Waals surface area contributed by atoms with Crippen molar-refractivity contribution in [2.45, 2.75) is 26.0 Å². The number of nitrogens with one attached hydrogen (secondary N) is 1. The number of amides is 1. The molecular weight excluding hydrogens is 311 g/mol. The Bertz CT molecular complexity index is 421. The molecule has 3 atom stereocenters. The van der Waals surface area contributed by atoms with Gasteiger partial charge in [-0.15, -0.1) is 0 Å². The molecule has 0 aliphatic carbocycles. The molecule has 0 aromatic carbocycles. The molecule has 0 bridgehead atoms. The average molecular weight is 338 g/mol. The normalized spacial score (nSPS) is 18.0. The van der Waals surface area contributed by atoms with Gasteiger partial charge >= 0.3 is 0 Å². The number of hydrogen-bond acceptors (Lipinski definition) is 6. The largest absolute Gasteiger partial charge is 0.756 e. The van der Waals surface area contributed by atoms with Crippen molar-refractivity contribution in [3.05, 3.63) is 12.2 Å². The van der Waals surface area contributed by atoms with Crippen LogP contribution >= 0.6 is 7.82 Å². The molecule has 2 N–H and O–H groups in total. The van der Waals surface area contributed by atoms with Gasteiger partial charge in [0, 0.05) is 6.92 Å². The number of allylic oxidation sites excluding steroid dienone is 1. The lowest BCUT2D eigenvalue weighted by atomic mass is 10.1. The molecule has 0 radical (unpaired) electrons. The number of quaternary nitrogens is 1. The second-order valence-electron chi connectivity index (χ2n) is 5.91. The van der Waals surface area contributed by atoms with Crippen LogP contribution in [0.3, 0.4) is 0 Å². The Morgan fingerprint density at radius 2 is 2.00 bits per heavy atom. The van der Waals surface area contributed by atoms with E-state index in [1.165, 1.54) is 13.0 Å². The molecular formula is C13H27N2O6P. The quantitative estimate of drug-likeness (QED) is 0.320. The lowest BCUT2D eigenvalue weighted by Gasteiger charge is -2.29. The van der Waals surface area contributed by atoms with Crippen molar-refractivity contribution in [3.63, 3.8) is 0 Å². The third-order valence-corrected chi connectivity index (χ3v) is 3.58. The van der Waals surface area contributed by atoms with E-state index in [1.807, 2.05) is 21.1 Å². The molecule has 0 aliphatic rings. The van der Waals surface area contributed by atoms with Gasteiger partial charge in [-0.05, 0) is 6.92 Å². The van der Waals surface area contributed by atoms with E-state index in [0.717, 1.165) is 0 Å². The number of rotatable bonds is 10. The fourth-order valence-corrected chi connectivity index (χ4v) is 2.18. The van der Waals surface area contributed by atoms with E-state index in [0.29, 0.717) is 11.0 Å². The summed E-state index contributed by atoms with van der Waals surface area (Å²) in [6.07, 6.45) is 1.96. The Morgan fingerprint density at radius 3 is 2.45 bits per heavy atom. The van der Waals surface area contributed by atoms with E-state index in [1.54, 1.807) is 13.0 Å². The Hall–Kier alpha value is -0.760. The summed E-state index contributed by atoms with van der Waals surface area (Å²) in [4.78, 5) is 22.7. The summed E-state index contributed by atoms with van der Waals surface area (Å²) in [7, 11) is 1.23. The van der Waals surface area contributed by atoms with Gasteiger partial charge in [0.2, 0.25) is 5.91 Å². The van der Waals surface area contributed by atoms with Crippen LogP contribution in [0.1, 0.15) is 13.8 Å². The lowest BCUT2D eigenvalue weighted by Crippen LogP contribution is -2.45. The van der Waals surface area contributed by atoms with Crippen LogP contribution in [-0.2, 0) is 18.4 Å². The number of hydrogen-bond donors (Lipinski definition) is 2. The maximum absolute atomic E-state index is 11.7. The predicted octanol–water partition coefficient (Wildman–Crippen LogP) is -0.364. The minimum Gasteiger partial charge on any atom is -0.756 e. The molecule has 0 rings (SSSR count). The van der Waals surface area contributed by atoms with Crippen molar-refractivity contribution in [2.75, 3.05) is 40.9 Å². The van der Waals surface area contributed by atoms with Gasteiger partial charge in [-0.1, -0.05) is 12.2 Å². The van der Waals surface area contributed by atoms with Gasteiger partial charge in [0.1, 0.15) is 13.2 Å². The Kier molecular flexibility index (Phi) is 9.07. The topological polar surface area (TPSA) is 108 Å². The molecule has 0 spiro atoms. The molecule has 0 aliphatic heterocycles. The molecule has 130 valence electrons. The van der Waals surface area contributed by atoms with Crippen LogP contribution in [0.5, 0.6) is 0 Å². The first-order chi connectivity index (χ1) is 9.97. The van der Waals surface area contributed by atoms with E-state index in [-0.39, 0.29) is 6.61 Å². The Labute approximate surface area is 131 Å². The molecule has 8 nitrogen and oxygen atoms in total. The summed E-state index contributed by atoms with van der Waals surface area (Å²) in [6.45, 7) is 3.04. The van der Waals surface area contributed by atoms with Crippen LogP contribution in [0.15, 0.2) is 12.2 Å². The summed E-state index contributed by atoms with van der Waals surface area (Å²) in [5.74, 6) is -0.399. The smallest absolute Gasteiger partial charge is 0.268 e. The van der Waals surface area contributed by atoms with E-state index in [2.05, 4.69) is 5.32 Å².